The minimum Gasteiger partial charge on any atom is -0.435 e. The molecule has 13 heteroatoms. The Labute approximate surface area is 195 Å². The van der Waals surface area contributed by atoms with E-state index in [0.717, 1.165) is 28.0 Å². The number of morpholine rings is 1. The molecule has 2 saturated heterocycles. The second-order valence-electron chi connectivity index (χ2n) is 8.70. The summed E-state index contributed by atoms with van der Waals surface area (Å²) in [5.41, 5.74) is -0.488. The molecular weight excluding hydrogens is 479 g/mol. The molecule has 35 heavy (non-hydrogen) atoms. The fraction of sp³-hybridized carbons (Fsp3) is 0.500. The van der Waals surface area contributed by atoms with Crippen LogP contribution >= 0.6 is 0 Å². The number of halogens is 5. The fourth-order valence-electron chi connectivity index (χ4n) is 4.87. The average molecular weight is 500 g/mol. The molecule has 0 aliphatic carbocycles. The number of ketones is 1. The van der Waals surface area contributed by atoms with Gasteiger partial charge in [-0.2, -0.15) is 26.9 Å². The first kappa shape index (κ1) is 23.5. The summed E-state index contributed by atoms with van der Waals surface area (Å²) in [6, 6.07) is 3.94. The van der Waals surface area contributed by atoms with E-state index >= 15 is 0 Å². The highest BCUT2D eigenvalue weighted by atomic mass is 19.4. The minimum absolute atomic E-state index is 0.0113. The summed E-state index contributed by atoms with van der Waals surface area (Å²) in [6.07, 6.45) is -4.36. The van der Waals surface area contributed by atoms with Crippen molar-refractivity contribution < 1.29 is 36.2 Å². The summed E-state index contributed by atoms with van der Waals surface area (Å²) < 4.78 is 77.5. The Morgan fingerprint density at radius 3 is 2.57 bits per heavy atom. The molecular formula is C22H21F5N4O4. The van der Waals surface area contributed by atoms with Crippen LogP contribution in [0.4, 0.5) is 33.7 Å². The van der Waals surface area contributed by atoms with Crippen molar-refractivity contribution in [3.8, 4) is 5.75 Å². The molecule has 0 amide bonds. The lowest BCUT2D eigenvalue weighted by molar-refractivity contribution is -0.152. The van der Waals surface area contributed by atoms with Gasteiger partial charge in [-0.3, -0.25) is 14.2 Å². The van der Waals surface area contributed by atoms with E-state index < -0.39 is 43.1 Å². The van der Waals surface area contributed by atoms with E-state index in [1.54, 1.807) is 0 Å². The van der Waals surface area contributed by atoms with Crippen molar-refractivity contribution in [2.75, 3.05) is 29.5 Å². The first-order chi connectivity index (χ1) is 16.6. The molecule has 5 rings (SSSR count). The number of nitrogens with zero attached hydrogens (tertiary/aromatic N) is 4. The van der Waals surface area contributed by atoms with Crippen LogP contribution in [0.3, 0.4) is 0 Å². The molecule has 188 valence electrons. The maximum atomic E-state index is 14.0. The number of Topliss-reactive ketones (excluding diaryl/α,β-unsaturated/α-hetero) is 1. The minimum atomic E-state index is -4.67. The van der Waals surface area contributed by atoms with Crippen LogP contribution in [0, 0.1) is 0 Å². The zero-order valence-electron chi connectivity index (χ0n) is 18.3. The van der Waals surface area contributed by atoms with Gasteiger partial charge in [-0.05, 0) is 37.1 Å². The van der Waals surface area contributed by atoms with Crippen molar-refractivity contribution in [1.82, 2.24) is 9.55 Å². The third-order valence-electron chi connectivity index (χ3n) is 6.52. The Kier molecular flexibility index (Phi) is 5.90. The summed E-state index contributed by atoms with van der Waals surface area (Å²) >= 11 is 0. The second-order valence-corrected chi connectivity index (χ2v) is 8.70. The van der Waals surface area contributed by atoms with E-state index in [0.29, 0.717) is 13.2 Å². The SMILES string of the molecule is O=C(CN1c2nc(N3CC4CC3CO4)cc(=O)n2CC[C@H]1C(F)(F)F)c1ccc(OC(F)F)cc1. The Balaban J connectivity index is 1.47. The molecule has 1 aromatic heterocycles. The van der Waals surface area contributed by atoms with Crippen LogP contribution in [-0.2, 0) is 11.3 Å². The van der Waals surface area contributed by atoms with Gasteiger partial charge in [-0.25, -0.2) is 0 Å². The highest BCUT2D eigenvalue weighted by Gasteiger charge is 2.48. The van der Waals surface area contributed by atoms with Crippen LogP contribution in [-0.4, -0.2) is 66.0 Å². The Bertz CT molecular complexity index is 1170. The van der Waals surface area contributed by atoms with Gasteiger partial charge in [-0.1, -0.05) is 0 Å². The van der Waals surface area contributed by atoms with Gasteiger partial charge in [0.25, 0.3) is 5.56 Å². The maximum Gasteiger partial charge on any atom is 0.408 e. The van der Waals surface area contributed by atoms with Crippen molar-refractivity contribution in [3.63, 3.8) is 0 Å². The van der Waals surface area contributed by atoms with Crippen LogP contribution in [0.15, 0.2) is 35.1 Å². The van der Waals surface area contributed by atoms with Gasteiger partial charge in [0.1, 0.15) is 17.6 Å². The molecule has 0 spiro atoms. The zero-order chi connectivity index (χ0) is 24.9. The van der Waals surface area contributed by atoms with Gasteiger partial charge < -0.3 is 19.3 Å². The number of fused-ring (bicyclic) bond motifs is 3. The molecule has 3 aliphatic heterocycles. The highest BCUT2D eigenvalue weighted by molar-refractivity contribution is 5.99. The molecule has 3 atom stereocenters. The zero-order valence-corrected chi connectivity index (χ0v) is 18.3. The normalized spacial score (nSPS) is 23.7. The lowest BCUT2D eigenvalue weighted by Crippen LogP contribution is -2.54. The van der Waals surface area contributed by atoms with Crippen molar-refractivity contribution >= 4 is 17.5 Å². The Hall–Kier alpha value is -3.22. The topological polar surface area (TPSA) is 76.9 Å². The van der Waals surface area contributed by atoms with Gasteiger partial charge in [0.2, 0.25) is 5.95 Å². The molecule has 0 saturated carbocycles. The number of hydrogen-bond donors (Lipinski definition) is 0. The number of benzene rings is 1. The van der Waals surface area contributed by atoms with Crippen LogP contribution in [0.25, 0.3) is 0 Å². The number of rotatable bonds is 6. The summed E-state index contributed by atoms with van der Waals surface area (Å²) in [5, 5.41) is 0. The summed E-state index contributed by atoms with van der Waals surface area (Å²) in [5.74, 6) is -0.846. The number of aromatic nitrogens is 2. The van der Waals surface area contributed by atoms with E-state index in [1.807, 2.05) is 4.90 Å². The fourth-order valence-corrected chi connectivity index (χ4v) is 4.87. The molecule has 2 fully saturated rings. The van der Waals surface area contributed by atoms with Crippen LogP contribution < -0.4 is 20.1 Å². The van der Waals surface area contributed by atoms with Crippen LogP contribution in [0.5, 0.6) is 5.75 Å². The van der Waals surface area contributed by atoms with Crippen molar-refractivity contribution in [2.24, 2.45) is 0 Å². The molecule has 0 N–H and O–H groups in total. The van der Waals surface area contributed by atoms with E-state index in [-0.39, 0.29) is 41.8 Å². The summed E-state index contributed by atoms with van der Waals surface area (Å²) in [7, 11) is 0. The van der Waals surface area contributed by atoms with Gasteiger partial charge in [0.05, 0.1) is 25.3 Å². The second kappa shape index (κ2) is 8.77. The standard InChI is InChI=1S/C22H21F5N4O4/c23-20(24)35-14-3-1-12(2-4-14)16(32)10-31-17(22(25,26)27)5-6-29-19(33)8-18(28-21(29)31)30-9-15-7-13(30)11-34-15/h1-4,8,13,15,17,20H,5-7,9-11H2/t13?,15?,17-/m0/s1. The first-order valence-electron chi connectivity index (χ1n) is 11.0. The number of anilines is 2. The van der Waals surface area contributed by atoms with Gasteiger partial charge in [-0.15, -0.1) is 0 Å². The van der Waals surface area contributed by atoms with Crippen molar-refractivity contribution in [2.45, 2.75) is 50.4 Å². The van der Waals surface area contributed by atoms with E-state index in [1.165, 1.54) is 18.2 Å². The number of alkyl halides is 5. The van der Waals surface area contributed by atoms with Crippen molar-refractivity contribution in [3.05, 3.63) is 46.2 Å². The van der Waals surface area contributed by atoms with Gasteiger partial charge >= 0.3 is 12.8 Å². The molecule has 4 heterocycles. The maximum absolute atomic E-state index is 14.0. The predicted octanol–water partition coefficient (Wildman–Crippen LogP) is 2.85. The average Bonchev–Trinajstić information content (AvgIpc) is 3.42. The smallest absolute Gasteiger partial charge is 0.408 e. The molecule has 8 nitrogen and oxygen atoms in total. The molecule has 3 aliphatic rings. The van der Waals surface area contributed by atoms with E-state index in [4.69, 9.17) is 4.74 Å². The molecule has 0 radical (unpaired) electrons. The van der Waals surface area contributed by atoms with Crippen LogP contribution in [0.2, 0.25) is 0 Å². The van der Waals surface area contributed by atoms with Crippen molar-refractivity contribution in [1.29, 1.82) is 0 Å². The third-order valence-corrected chi connectivity index (χ3v) is 6.52. The number of ether oxygens (including phenoxy) is 2. The number of carbonyl (C=O) groups is 1. The van der Waals surface area contributed by atoms with Crippen LogP contribution in [0.1, 0.15) is 23.2 Å². The van der Waals surface area contributed by atoms with E-state index in [2.05, 4.69) is 9.72 Å². The monoisotopic (exact) mass is 500 g/mol. The number of carbonyl (C=O) groups excluding carboxylic acids is 1. The quantitative estimate of drug-likeness (QED) is 0.446. The lowest BCUT2D eigenvalue weighted by atomic mass is 10.1. The predicted molar refractivity (Wildman–Crippen MR) is 113 cm³/mol. The Morgan fingerprint density at radius 2 is 1.97 bits per heavy atom. The lowest BCUT2D eigenvalue weighted by Gasteiger charge is -2.39. The molecule has 2 bridgehead atoms. The molecule has 2 aromatic rings. The summed E-state index contributed by atoms with van der Waals surface area (Å²) in [4.78, 5) is 32.8. The molecule has 2 unspecified atom stereocenters. The first-order valence-corrected chi connectivity index (χ1v) is 11.0. The largest absolute Gasteiger partial charge is 0.435 e. The molecule has 1 aromatic carbocycles. The van der Waals surface area contributed by atoms with E-state index in [9.17, 15) is 31.5 Å². The summed E-state index contributed by atoms with van der Waals surface area (Å²) in [6.45, 7) is -3.02. The highest BCUT2D eigenvalue weighted by Crippen LogP contribution is 2.36. The van der Waals surface area contributed by atoms with Gasteiger partial charge in [0.15, 0.2) is 5.78 Å². The van der Waals surface area contributed by atoms with Gasteiger partial charge in [0, 0.05) is 24.7 Å². The Morgan fingerprint density at radius 1 is 1.23 bits per heavy atom. The third kappa shape index (κ3) is 4.56. The number of hydrogen-bond acceptors (Lipinski definition) is 7.